The maximum absolute atomic E-state index is 9.02. The maximum Gasteiger partial charge on any atom is 0.162 e. The van der Waals surface area contributed by atoms with E-state index in [0.29, 0.717) is 6.61 Å². The zero-order valence-corrected chi connectivity index (χ0v) is 8.22. The molecule has 2 aliphatic rings. The van der Waals surface area contributed by atoms with Gasteiger partial charge in [0, 0.05) is 6.42 Å². The van der Waals surface area contributed by atoms with Crippen LogP contribution in [0.2, 0.25) is 0 Å². The molecule has 0 amide bonds. The minimum atomic E-state index is -0.178. The molecule has 0 saturated carbocycles. The molecule has 1 aromatic rings. The van der Waals surface area contributed by atoms with E-state index in [2.05, 4.69) is 12.1 Å². The normalized spacial score (nSPS) is 32.9. The third kappa shape index (κ3) is 1.34. The Hall–Kier alpha value is -1.37. The fourth-order valence-corrected chi connectivity index (χ4v) is 2.28. The summed E-state index contributed by atoms with van der Waals surface area (Å²) in [6.07, 6.45) is 0.540. The number of rotatable bonds is 0. The Balaban J connectivity index is 2.06. The number of nitriles is 1. The van der Waals surface area contributed by atoms with Gasteiger partial charge in [0.05, 0.1) is 12.7 Å². The van der Waals surface area contributed by atoms with Gasteiger partial charge in [-0.3, -0.25) is 0 Å². The van der Waals surface area contributed by atoms with Gasteiger partial charge in [0.1, 0.15) is 12.0 Å². The molecule has 1 fully saturated rings. The maximum atomic E-state index is 9.02. The van der Waals surface area contributed by atoms with Crippen LogP contribution in [0.25, 0.3) is 0 Å². The van der Waals surface area contributed by atoms with Gasteiger partial charge in [-0.15, -0.1) is 0 Å². The predicted molar refractivity (Wildman–Crippen MR) is 52.8 cm³/mol. The van der Waals surface area contributed by atoms with E-state index in [1.165, 1.54) is 5.56 Å². The largest absolute Gasteiger partial charge is 0.351 e. The van der Waals surface area contributed by atoms with Crippen LogP contribution in [-0.4, -0.2) is 12.9 Å². The van der Waals surface area contributed by atoms with E-state index in [-0.39, 0.29) is 18.3 Å². The van der Waals surface area contributed by atoms with Gasteiger partial charge in [-0.25, -0.2) is 0 Å². The second-order valence-corrected chi connectivity index (χ2v) is 3.96. The van der Waals surface area contributed by atoms with E-state index in [0.717, 1.165) is 12.0 Å². The number of nitrogens with zero attached hydrogens (tertiary/aromatic N) is 1. The van der Waals surface area contributed by atoms with Crippen molar-refractivity contribution in [3.63, 3.8) is 0 Å². The van der Waals surface area contributed by atoms with Gasteiger partial charge in [0.2, 0.25) is 0 Å². The molecule has 2 heterocycles. The Kier molecular flexibility index (Phi) is 1.98. The topological polar surface area (TPSA) is 42.2 Å². The second-order valence-electron chi connectivity index (χ2n) is 3.96. The summed E-state index contributed by atoms with van der Waals surface area (Å²) < 4.78 is 11.2. The molecule has 0 spiro atoms. The van der Waals surface area contributed by atoms with E-state index >= 15 is 0 Å². The SMILES string of the molecule is N#C[C@H]1CO[C@@H]2Cc3ccccc3[C@H]1O2. The van der Waals surface area contributed by atoms with Gasteiger partial charge >= 0.3 is 0 Å². The monoisotopic (exact) mass is 201 g/mol. The van der Waals surface area contributed by atoms with Crippen LogP contribution in [0.3, 0.4) is 0 Å². The van der Waals surface area contributed by atoms with E-state index in [1.807, 2.05) is 18.2 Å². The second kappa shape index (κ2) is 3.34. The smallest absolute Gasteiger partial charge is 0.162 e. The van der Waals surface area contributed by atoms with Crippen molar-refractivity contribution >= 4 is 0 Å². The summed E-state index contributed by atoms with van der Waals surface area (Å²) in [7, 11) is 0. The Bertz CT molecular complexity index is 424. The first-order valence-electron chi connectivity index (χ1n) is 5.13. The van der Waals surface area contributed by atoms with Crippen LogP contribution >= 0.6 is 0 Å². The van der Waals surface area contributed by atoms with Crippen molar-refractivity contribution in [3.8, 4) is 6.07 Å². The fourth-order valence-electron chi connectivity index (χ4n) is 2.28. The summed E-state index contributed by atoms with van der Waals surface area (Å²) in [6, 6.07) is 10.4. The van der Waals surface area contributed by atoms with Crippen molar-refractivity contribution in [3.05, 3.63) is 35.4 Å². The lowest BCUT2D eigenvalue weighted by Crippen LogP contribution is -2.39. The summed E-state index contributed by atoms with van der Waals surface area (Å²) in [5.41, 5.74) is 2.40. The number of fused-ring (bicyclic) bond motifs is 4. The van der Waals surface area contributed by atoms with Gasteiger partial charge in [0.25, 0.3) is 0 Å². The summed E-state index contributed by atoms with van der Waals surface area (Å²) in [5.74, 6) is -0.178. The third-order valence-corrected chi connectivity index (χ3v) is 3.04. The van der Waals surface area contributed by atoms with Crippen molar-refractivity contribution in [2.75, 3.05) is 6.61 Å². The first-order valence-corrected chi connectivity index (χ1v) is 5.13. The fraction of sp³-hybridized carbons (Fsp3) is 0.417. The molecule has 1 saturated heterocycles. The highest BCUT2D eigenvalue weighted by Crippen LogP contribution is 2.39. The number of benzene rings is 1. The molecule has 2 bridgehead atoms. The van der Waals surface area contributed by atoms with Crippen LogP contribution in [0.1, 0.15) is 17.2 Å². The number of hydrogen-bond acceptors (Lipinski definition) is 3. The van der Waals surface area contributed by atoms with Crippen molar-refractivity contribution in [2.45, 2.75) is 18.8 Å². The predicted octanol–water partition coefficient (Wildman–Crippen LogP) is 1.80. The van der Waals surface area contributed by atoms with Gasteiger partial charge in [-0.1, -0.05) is 24.3 Å². The quantitative estimate of drug-likeness (QED) is 0.642. The van der Waals surface area contributed by atoms with E-state index in [9.17, 15) is 0 Å². The molecule has 1 aromatic carbocycles. The summed E-state index contributed by atoms with van der Waals surface area (Å²) >= 11 is 0. The summed E-state index contributed by atoms with van der Waals surface area (Å²) in [6.45, 7) is 0.486. The van der Waals surface area contributed by atoms with Crippen LogP contribution in [-0.2, 0) is 15.9 Å². The molecule has 0 aliphatic carbocycles. The van der Waals surface area contributed by atoms with Crippen molar-refractivity contribution in [1.29, 1.82) is 5.26 Å². The molecule has 3 rings (SSSR count). The van der Waals surface area contributed by atoms with Crippen LogP contribution in [0.15, 0.2) is 24.3 Å². The zero-order chi connectivity index (χ0) is 10.3. The Morgan fingerprint density at radius 2 is 2.20 bits per heavy atom. The highest BCUT2D eigenvalue weighted by molar-refractivity contribution is 5.33. The van der Waals surface area contributed by atoms with Crippen molar-refractivity contribution < 1.29 is 9.47 Å². The minimum absolute atomic E-state index is 0.0984. The molecule has 2 aliphatic heterocycles. The van der Waals surface area contributed by atoms with E-state index < -0.39 is 0 Å². The lowest BCUT2D eigenvalue weighted by molar-refractivity contribution is -0.236. The first kappa shape index (κ1) is 8.90. The van der Waals surface area contributed by atoms with E-state index in [1.54, 1.807) is 0 Å². The van der Waals surface area contributed by atoms with E-state index in [4.69, 9.17) is 14.7 Å². The highest BCUT2D eigenvalue weighted by Gasteiger charge is 2.38. The van der Waals surface area contributed by atoms with Crippen molar-refractivity contribution in [2.24, 2.45) is 5.92 Å². The molecular formula is C12H11NO2. The molecule has 0 N–H and O–H groups in total. The molecule has 0 aromatic heterocycles. The standard InChI is InChI=1S/C12H11NO2/c13-6-9-7-14-11-5-8-3-1-2-4-10(8)12(9)15-11/h1-4,9,11-12H,5,7H2/t9-,11-,12-/m0/s1. The molecule has 0 unspecified atom stereocenters. The Morgan fingerprint density at radius 3 is 3.07 bits per heavy atom. The lowest BCUT2D eigenvalue weighted by atomic mass is 9.88. The highest BCUT2D eigenvalue weighted by atomic mass is 16.7. The molecule has 3 atom stereocenters. The minimum Gasteiger partial charge on any atom is -0.351 e. The zero-order valence-electron chi connectivity index (χ0n) is 8.22. The summed E-state index contributed by atoms with van der Waals surface area (Å²) in [4.78, 5) is 0. The van der Waals surface area contributed by atoms with Gasteiger partial charge in [-0.05, 0) is 11.1 Å². The molecular weight excluding hydrogens is 190 g/mol. The summed E-state index contributed by atoms with van der Waals surface area (Å²) in [5, 5.41) is 9.02. The first-order chi connectivity index (χ1) is 7.38. The molecule has 76 valence electrons. The van der Waals surface area contributed by atoms with Crippen LogP contribution in [0.4, 0.5) is 0 Å². The average Bonchev–Trinajstić information content (AvgIpc) is 2.30. The van der Waals surface area contributed by atoms with Crippen molar-refractivity contribution in [1.82, 2.24) is 0 Å². The van der Waals surface area contributed by atoms with Gasteiger partial charge in [0.15, 0.2) is 6.29 Å². The third-order valence-electron chi connectivity index (χ3n) is 3.04. The van der Waals surface area contributed by atoms with Crippen LogP contribution in [0.5, 0.6) is 0 Å². The number of ether oxygens (including phenoxy) is 2. The Labute approximate surface area is 88.2 Å². The molecule has 0 radical (unpaired) electrons. The van der Waals surface area contributed by atoms with Gasteiger partial charge < -0.3 is 9.47 Å². The van der Waals surface area contributed by atoms with Crippen LogP contribution in [0, 0.1) is 17.2 Å². The van der Waals surface area contributed by atoms with Crippen LogP contribution < -0.4 is 0 Å². The number of hydrogen-bond donors (Lipinski definition) is 0. The molecule has 15 heavy (non-hydrogen) atoms. The Morgan fingerprint density at radius 1 is 1.33 bits per heavy atom. The van der Waals surface area contributed by atoms with Gasteiger partial charge in [-0.2, -0.15) is 5.26 Å². The molecule has 3 heteroatoms. The molecule has 3 nitrogen and oxygen atoms in total. The lowest BCUT2D eigenvalue weighted by Gasteiger charge is -2.38. The average molecular weight is 201 g/mol.